The summed E-state index contributed by atoms with van der Waals surface area (Å²) in [4.78, 5) is 29.6. The van der Waals surface area contributed by atoms with Gasteiger partial charge in [0.2, 0.25) is 5.91 Å². The first kappa shape index (κ1) is 24.5. The standard InChI is InChI=1S/C25H20Cl3N3O2S/c26-17-3-1-16(2-4-17)13-14-30-22(15-23(32)29-20-9-5-18(27)6-10-20)24(33)31(25(30)34)21-11-7-19(28)8-12-21/h1-12,22H,13-15H2,(H,29,32)/t22-/m1/s1. The third kappa shape index (κ3) is 5.70. The van der Waals surface area contributed by atoms with Gasteiger partial charge in [0, 0.05) is 27.3 Å². The zero-order valence-electron chi connectivity index (χ0n) is 17.9. The smallest absolute Gasteiger partial charge is 0.256 e. The van der Waals surface area contributed by atoms with Gasteiger partial charge in [-0.3, -0.25) is 14.5 Å². The lowest BCUT2D eigenvalue weighted by molar-refractivity contribution is -0.124. The van der Waals surface area contributed by atoms with Crippen molar-refractivity contribution in [1.29, 1.82) is 0 Å². The molecule has 3 aromatic carbocycles. The van der Waals surface area contributed by atoms with Crippen molar-refractivity contribution in [1.82, 2.24) is 4.90 Å². The summed E-state index contributed by atoms with van der Waals surface area (Å²) in [6.45, 7) is 0.467. The Morgan fingerprint density at radius 3 is 1.97 bits per heavy atom. The van der Waals surface area contributed by atoms with Crippen LogP contribution in [0.1, 0.15) is 12.0 Å². The number of nitrogens with one attached hydrogen (secondary N) is 1. The second-order valence-electron chi connectivity index (χ2n) is 7.78. The molecule has 1 atom stereocenters. The average Bonchev–Trinajstić information content (AvgIpc) is 3.04. The monoisotopic (exact) mass is 531 g/mol. The molecule has 1 aliphatic heterocycles. The second kappa shape index (κ2) is 10.7. The number of amides is 2. The van der Waals surface area contributed by atoms with Crippen LogP contribution in [0.2, 0.25) is 15.1 Å². The van der Waals surface area contributed by atoms with Crippen molar-refractivity contribution < 1.29 is 9.59 Å². The molecule has 34 heavy (non-hydrogen) atoms. The molecule has 5 nitrogen and oxygen atoms in total. The van der Waals surface area contributed by atoms with Gasteiger partial charge in [0.1, 0.15) is 6.04 Å². The lowest BCUT2D eigenvalue weighted by Crippen LogP contribution is -2.39. The van der Waals surface area contributed by atoms with Crippen LogP contribution in [-0.2, 0) is 16.0 Å². The molecular weight excluding hydrogens is 513 g/mol. The summed E-state index contributed by atoms with van der Waals surface area (Å²) < 4.78 is 0. The van der Waals surface area contributed by atoms with Crippen LogP contribution in [0.4, 0.5) is 11.4 Å². The summed E-state index contributed by atoms with van der Waals surface area (Å²) in [6, 6.07) is 20.4. The van der Waals surface area contributed by atoms with Crippen molar-refractivity contribution in [3.63, 3.8) is 0 Å². The van der Waals surface area contributed by atoms with Crippen molar-refractivity contribution in [3.8, 4) is 0 Å². The Balaban J connectivity index is 1.55. The van der Waals surface area contributed by atoms with Crippen molar-refractivity contribution in [2.75, 3.05) is 16.8 Å². The van der Waals surface area contributed by atoms with Crippen LogP contribution >= 0.6 is 47.0 Å². The van der Waals surface area contributed by atoms with Gasteiger partial charge in [-0.05, 0) is 84.9 Å². The van der Waals surface area contributed by atoms with E-state index in [1.165, 1.54) is 4.90 Å². The minimum Gasteiger partial charge on any atom is -0.336 e. The van der Waals surface area contributed by atoms with Crippen molar-refractivity contribution >= 4 is 75.3 Å². The maximum atomic E-state index is 13.4. The Labute approximate surface area is 218 Å². The molecule has 1 fully saturated rings. The maximum absolute atomic E-state index is 13.4. The predicted octanol–water partition coefficient (Wildman–Crippen LogP) is 6.22. The molecule has 0 aromatic heterocycles. The van der Waals surface area contributed by atoms with E-state index in [4.69, 9.17) is 47.0 Å². The van der Waals surface area contributed by atoms with E-state index in [-0.39, 0.29) is 18.2 Å². The largest absolute Gasteiger partial charge is 0.336 e. The van der Waals surface area contributed by atoms with Crippen LogP contribution in [0.15, 0.2) is 72.8 Å². The van der Waals surface area contributed by atoms with Gasteiger partial charge in [0.05, 0.1) is 12.1 Å². The number of carbonyl (C=O) groups is 2. The number of hydrogen-bond acceptors (Lipinski definition) is 3. The number of rotatable bonds is 7. The molecule has 1 heterocycles. The molecule has 0 unspecified atom stereocenters. The third-order valence-electron chi connectivity index (χ3n) is 5.46. The highest BCUT2D eigenvalue weighted by molar-refractivity contribution is 7.80. The van der Waals surface area contributed by atoms with E-state index in [9.17, 15) is 9.59 Å². The van der Waals surface area contributed by atoms with Gasteiger partial charge in [0.15, 0.2) is 5.11 Å². The molecule has 3 aromatic rings. The van der Waals surface area contributed by atoms with Crippen LogP contribution in [0.5, 0.6) is 0 Å². The van der Waals surface area contributed by atoms with Crippen molar-refractivity contribution in [2.45, 2.75) is 18.9 Å². The number of carbonyl (C=O) groups excluding carboxylic acids is 2. The summed E-state index contributed by atoms with van der Waals surface area (Å²) >= 11 is 23.6. The average molecular weight is 533 g/mol. The Bertz CT molecular complexity index is 1200. The van der Waals surface area contributed by atoms with E-state index in [0.29, 0.717) is 44.5 Å². The summed E-state index contributed by atoms with van der Waals surface area (Å²) in [6.07, 6.45) is 0.584. The van der Waals surface area contributed by atoms with Crippen LogP contribution < -0.4 is 10.2 Å². The van der Waals surface area contributed by atoms with Crippen molar-refractivity contribution in [2.24, 2.45) is 0 Å². The van der Waals surface area contributed by atoms with E-state index in [1.807, 2.05) is 29.2 Å². The third-order valence-corrected chi connectivity index (χ3v) is 6.64. The molecule has 0 bridgehead atoms. The number of thiocarbonyl (C=S) groups is 1. The fraction of sp³-hybridized carbons (Fsp3) is 0.160. The lowest BCUT2D eigenvalue weighted by atomic mass is 10.1. The summed E-state index contributed by atoms with van der Waals surface area (Å²) in [5.74, 6) is -0.549. The Morgan fingerprint density at radius 1 is 0.853 bits per heavy atom. The van der Waals surface area contributed by atoms with Gasteiger partial charge in [-0.15, -0.1) is 0 Å². The maximum Gasteiger partial charge on any atom is 0.256 e. The Kier molecular flexibility index (Phi) is 7.73. The molecule has 1 aliphatic rings. The van der Waals surface area contributed by atoms with E-state index in [1.54, 1.807) is 48.5 Å². The second-order valence-corrected chi connectivity index (χ2v) is 9.45. The molecule has 4 rings (SSSR count). The molecule has 0 radical (unpaired) electrons. The number of anilines is 2. The van der Waals surface area contributed by atoms with Crippen molar-refractivity contribution in [3.05, 3.63) is 93.4 Å². The molecule has 9 heteroatoms. The zero-order valence-corrected chi connectivity index (χ0v) is 21.0. The summed E-state index contributed by atoms with van der Waals surface area (Å²) in [5, 5.41) is 4.96. The van der Waals surface area contributed by atoms with Crippen LogP contribution in [-0.4, -0.2) is 34.4 Å². The van der Waals surface area contributed by atoms with Gasteiger partial charge in [0.25, 0.3) is 5.91 Å². The van der Waals surface area contributed by atoms with Gasteiger partial charge in [-0.1, -0.05) is 46.9 Å². The fourth-order valence-electron chi connectivity index (χ4n) is 3.74. The Hall–Kier alpha value is -2.64. The van der Waals surface area contributed by atoms with E-state index in [2.05, 4.69) is 5.32 Å². The van der Waals surface area contributed by atoms with Gasteiger partial charge in [-0.25, -0.2) is 0 Å². The topological polar surface area (TPSA) is 52.7 Å². The number of hydrogen-bond donors (Lipinski definition) is 1. The zero-order chi connectivity index (χ0) is 24.2. The first-order chi connectivity index (χ1) is 16.3. The van der Waals surface area contributed by atoms with Gasteiger partial charge in [-0.2, -0.15) is 0 Å². The molecule has 0 spiro atoms. The van der Waals surface area contributed by atoms with Crippen LogP contribution in [0.3, 0.4) is 0 Å². The highest BCUT2D eigenvalue weighted by Crippen LogP contribution is 2.29. The quantitative estimate of drug-likeness (QED) is 0.367. The van der Waals surface area contributed by atoms with E-state index in [0.717, 1.165) is 5.56 Å². The predicted molar refractivity (Wildman–Crippen MR) is 142 cm³/mol. The molecule has 2 amide bonds. The van der Waals surface area contributed by atoms with Crippen LogP contribution in [0, 0.1) is 0 Å². The highest BCUT2D eigenvalue weighted by Gasteiger charge is 2.43. The molecule has 0 saturated carbocycles. The summed E-state index contributed by atoms with van der Waals surface area (Å²) in [5.41, 5.74) is 2.26. The van der Waals surface area contributed by atoms with E-state index < -0.39 is 6.04 Å². The lowest BCUT2D eigenvalue weighted by Gasteiger charge is -2.24. The number of nitrogens with zero attached hydrogens (tertiary/aromatic N) is 2. The minimum absolute atomic E-state index is 0.0493. The van der Waals surface area contributed by atoms with E-state index >= 15 is 0 Å². The molecule has 1 saturated heterocycles. The molecule has 1 N–H and O–H groups in total. The molecular formula is C25H20Cl3N3O2S. The first-order valence-corrected chi connectivity index (χ1v) is 12.1. The molecule has 174 valence electrons. The SMILES string of the molecule is O=C(C[C@@H]1C(=O)N(c2ccc(Cl)cc2)C(=S)N1CCc1ccc(Cl)cc1)Nc1ccc(Cl)cc1. The van der Waals surface area contributed by atoms with Gasteiger partial charge < -0.3 is 10.2 Å². The first-order valence-electron chi connectivity index (χ1n) is 10.5. The minimum atomic E-state index is -0.734. The highest BCUT2D eigenvalue weighted by atomic mass is 35.5. The normalized spacial score (nSPS) is 15.7. The summed E-state index contributed by atoms with van der Waals surface area (Å²) in [7, 11) is 0. The fourth-order valence-corrected chi connectivity index (χ4v) is 4.53. The number of benzene rings is 3. The van der Waals surface area contributed by atoms with Gasteiger partial charge >= 0.3 is 0 Å². The Morgan fingerprint density at radius 2 is 1.38 bits per heavy atom. The van der Waals surface area contributed by atoms with Crippen LogP contribution in [0.25, 0.3) is 0 Å². The molecule has 0 aliphatic carbocycles. The number of halogens is 3.